The molecule has 3 amide bonds. The second-order valence-electron chi connectivity index (χ2n) is 8.03. The van der Waals surface area contributed by atoms with Crippen LogP contribution < -0.4 is 10.7 Å². The van der Waals surface area contributed by atoms with E-state index < -0.39 is 30.3 Å². The summed E-state index contributed by atoms with van der Waals surface area (Å²) < 4.78 is 5.17. The van der Waals surface area contributed by atoms with E-state index in [1.807, 2.05) is 45.0 Å². The largest absolute Gasteiger partial charge is 0.455 e. The van der Waals surface area contributed by atoms with Crippen molar-refractivity contribution in [2.45, 2.75) is 40.0 Å². The lowest BCUT2D eigenvalue weighted by atomic mass is 10.0. The predicted octanol–water partition coefficient (Wildman–Crippen LogP) is 2.80. The minimum atomic E-state index is -0.753. The molecule has 174 valence electrons. The monoisotopic (exact) mass is 451 g/mol. The Hall–Kier alpha value is -3.68. The van der Waals surface area contributed by atoms with Crippen molar-refractivity contribution in [2.75, 3.05) is 18.5 Å². The van der Waals surface area contributed by atoms with Crippen molar-refractivity contribution in [3.05, 3.63) is 64.7 Å². The van der Waals surface area contributed by atoms with Crippen LogP contribution >= 0.6 is 0 Å². The summed E-state index contributed by atoms with van der Waals surface area (Å²) in [6.07, 6.45) is 1.43. The molecule has 1 saturated heterocycles. The number of hydrazine groups is 1. The Morgan fingerprint density at radius 2 is 1.73 bits per heavy atom. The second kappa shape index (κ2) is 10.8. The van der Waals surface area contributed by atoms with Crippen molar-refractivity contribution < 1.29 is 23.9 Å². The van der Waals surface area contributed by atoms with Gasteiger partial charge in [-0.05, 0) is 43.0 Å². The average Bonchev–Trinajstić information content (AvgIpc) is 3.17. The van der Waals surface area contributed by atoms with Crippen molar-refractivity contribution in [3.8, 4) is 0 Å². The van der Waals surface area contributed by atoms with Crippen LogP contribution in [0.4, 0.5) is 5.69 Å². The minimum Gasteiger partial charge on any atom is -0.455 e. The molecule has 1 atom stereocenters. The molecule has 1 heterocycles. The fourth-order valence-electron chi connectivity index (χ4n) is 3.78. The Morgan fingerprint density at radius 3 is 2.36 bits per heavy atom. The first-order valence-corrected chi connectivity index (χ1v) is 11.1. The van der Waals surface area contributed by atoms with E-state index in [0.717, 1.165) is 40.2 Å². The quantitative estimate of drug-likeness (QED) is 0.601. The third-order valence-electron chi connectivity index (χ3n) is 5.58. The van der Waals surface area contributed by atoms with E-state index >= 15 is 0 Å². The van der Waals surface area contributed by atoms with Gasteiger partial charge in [-0.1, -0.05) is 49.7 Å². The summed E-state index contributed by atoms with van der Waals surface area (Å²) in [6.45, 7) is 5.43. The molecule has 0 aliphatic carbocycles. The zero-order valence-electron chi connectivity index (χ0n) is 19.1. The number of rotatable bonds is 8. The van der Waals surface area contributed by atoms with E-state index in [9.17, 15) is 19.2 Å². The molecule has 2 aromatic rings. The number of carbonyl (C=O) groups is 4. The van der Waals surface area contributed by atoms with Crippen LogP contribution in [0.3, 0.4) is 0 Å². The molecule has 1 fully saturated rings. The van der Waals surface area contributed by atoms with Crippen molar-refractivity contribution in [1.29, 1.82) is 0 Å². The van der Waals surface area contributed by atoms with Crippen LogP contribution in [0, 0.1) is 12.8 Å². The number of esters is 1. The third-order valence-corrected chi connectivity index (χ3v) is 5.58. The Labute approximate surface area is 193 Å². The summed E-state index contributed by atoms with van der Waals surface area (Å²) in [5, 5.41) is 3.97. The molecule has 33 heavy (non-hydrogen) atoms. The molecule has 0 spiro atoms. The van der Waals surface area contributed by atoms with Gasteiger partial charge >= 0.3 is 5.97 Å². The lowest BCUT2D eigenvalue weighted by molar-refractivity contribution is -0.151. The number of anilines is 1. The standard InChI is InChI=1S/C25H29N3O5/c1-4-17-9-7-10-18(5-2)23(17)26-21(29)15-33-25(32)20-13-22(30)28(14-20)27-24(31)19-11-6-8-16(3)12-19/h6-12,20H,4-5,13-15H2,1-3H3,(H,26,29)(H,27,31)/t20-/m1/s1. The van der Waals surface area contributed by atoms with E-state index in [4.69, 9.17) is 4.74 Å². The maximum Gasteiger partial charge on any atom is 0.311 e. The zero-order chi connectivity index (χ0) is 24.0. The van der Waals surface area contributed by atoms with Gasteiger partial charge in [0, 0.05) is 17.7 Å². The predicted molar refractivity (Wildman–Crippen MR) is 123 cm³/mol. The molecule has 0 unspecified atom stereocenters. The molecular formula is C25H29N3O5. The highest BCUT2D eigenvalue weighted by molar-refractivity contribution is 5.97. The van der Waals surface area contributed by atoms with Gasteiger partial charge in [-0.15, -0.1) is 0 Å². The molecule has 2 aromatic carbocycles. The van der Waals surface area contributed by atoms with Gasteiger partial charge in [0.1, 0.15) is 0 Å². The molecule has 2 N–H and O–H groups in total. The van der Waals surface area contributed by atoms with Crippen LogP contribution in [0.2, 0.25) is 0 Å². The summed E-state index contributed by atoms with van der Waals surface area (Å²) in [7, 11) is 0. The molecule has 8 nitrogen and oxygen atoms in total. The Balaban J connectivity index is 1.53. The fourth-order valence-corrected chi connectivity index (χ4v) is 3.78. The average molecular weight is 452 g/mol. The highest BCUT2D eigenvalue weighted by Crippen LogP contribution is 2.23. The summed E-state index contributed by atoms with van der Waals surface area (Å²) in [5.41, 5.74) is 6.65. The molecule has 0 radical (unpaired) electrons. The third kappa shape index (κ3) is 5.97. The van der Waals surface area contributed by atoms with Gasteiger partial charge in [0.2, 0.25) is 5.91 Å². The topological polar surface area (TPSA) is 105 Å². The van der Waals surface area contributed by atoms with Gasteiger partial charge in [0.25, 0.3) is 11.8 Å². The number of carbonyl (C=O) groups excluding carboxylic acids is 4. The second-order valence-corrected chi connectivity index (χ2v) is 8.03. The van der Waals surface area contributed by atoms with Crippen molar-refractivity contribution >= 4 is 29.4 Å². The lowest BCUT2D eigenvalue weighted by Gasteiger charge is -2.18. The maximum absolute atomic E-state index is 12.4. The van der Waals surface area contributed by atoms with Gasteiger partial charge in [0.05, 0.1) is 12.5 Å². The first-order valence-electron chi connectivity index (χ1n) is 11.1. The van der Waals surface area contributed by atoms with Crippen molar-refractivity contribution in [1.82, 2.24) is 10.4 Å². The van der Waals surface area contributed by atoms with Crippen molar-refractivity contribution in [2.24, 2.45) is 5.92 Å². The molecule has 1 aliphatic rings. The number of nitrogens with zero attached hydrogens (tertiary/aromatic N) is 1. The minimum absolute atomic E-state index is 0.00447. The molecule has 0 aromatic heterocycles. The number of hydrogen-bond donors (Lipinski definition) is 2. The van der Waals surface area contributed by atoms with Gasteiger partial charge in [0.15, 0.2) is 6.61 Å². The smallest absolute Gasteiger partial charge is 0.311 e. The van der Waals surface area contributed by atoms with Crippen LogP contribution in [0.15, 0.2) is 42.5 Å². The normalized spacial score (nSPS) is 15.3. The number of aryl methyl sites for hydroxylation is 3. The summed E-state index contributed by atoms with van der Waals surface area (Å²) in [4.78, 5) is 49.5. The lowest BCUT2D eigenvalue weighted by Crippen LogP contribution is -2.43. The van der Waals surface area contributed by atoms with Gasteiger partial charge < -0.3 is 10.1 Å². The van der Waals surface area contributed by atoms with Crippen LogP contribution in [-0.2, 0) is 32.0 Å². The van der Waals surface area contributed by atoms with E-state index in [2.05, 4.69) is 10.7 Å². The van der Waals surface area contributed by atoms with Crippen molar-refractivity contribution in [3.63, 3.8) is 0 Å². The van der Waals surface area contributed by atoms with Crippen LogP contribution in [0.25, 0.3) is 0 Å². The van der Waals surface area contributed by atoms with E-state index in [0.29, 0.717) is 5.56 Å². The first kappa shape index (κ1) is 24.0. The maximum atomic E-state index is 12.4. The number of hydrogen-bond acceptors (Lipinski definition) is 5. The van der Waals surface area contributed by atoms with E-state index in [1.165, 1.54) is 0 Å². The summed E-state index contributed by atoms with van der Waals surface area (Å²) in [6, 6.07) is 12.8. The number of nitrogens with one attached hydrogen (secondary N) is 2. The van der Waals surface area contributed by atoms with Crippen LogP contribution in [0.1, 0.15) is 47.3 Å². The van der Waals surface area contributed by atoms with Gasteiger partial charge in [-0.25, -0.2) is 0 Å². The number of para-hydroxylation sites is 1. The molecule has 3 rings (SSSR count). The zero-order valence-corrected chi connectivity index (χ0v) is 19.1. The number of ether oxygens (including phenoxy) is 1. The molecule has 1 aliphatic heterocycles. The van der Waals surface area contributed by atoms with Gasteiger partial charge in [-0.2, -0.15) is 0 Å². The summed E-state index contributed by atoms with van der Waals surface area (Å²) >= 11 is 0. The Bertz CT molecular complexity index is 1040. The Kier molecular flexibility index (Phi) is 7.82. The highest BCUT2D eigenvalue weighted by atomic mass is 16.5. The van der Waals surface area contributed by atoms with Gasteiger partial charge in [-0.3, -0.25) is 29.6 Å². The highest BCUT2D eigenvalue weighted by Gasteiger charge is 2.36. The molecule has 0 saturated carbocycles. The van der Waals surface area contributed by atoms with E-state index in [-0.39, 0.29) is 18.9 Å². The number of benzene rings is 2. The number of amides is 3. The SMILES string of the molecule is CCc1cccc(CC)c1NC(=O)COC(=O)[C@@H]1CC(=O)N(NC(=O)c2cccc(C)c2)C1. The molecular weight excluding hydrogens is 422 g/mol. The van der Waals surface area contributed by atoms with Crippen LogP contribution in [0.5, 0.6) is 0 Å². The fraction of sp³-hybridized carbons (Fsp3) is 0.360. The Morgan fingerprint density at radius 1 is 1.06 bits per heavy atom. The summed E-state index contributed by atoms with van der Waals surface area (Å²) in [5.74, 6) is -2.65. The van der Waals surface area contributed by atoms with E-state index in [1.54, 1.807) is 18.2 Å². The molecule has 8 heteroatoms. The molecule has 0 bridgehead atoms. The first-order chi connectivity index (χ1) is 15.8. The van der Waals surface area contributed by atoms with Crippen LogP contribution in [-0.4, -0.2) is 41.9 Å².